The highest BCUT2D eigenvalue weighted by Crippen LogP contribution is 2.31. The zero-order chi connectivity index (χ0) is 18.2. The number of rotatable bonds is 8. The van der Waals surface area contributed by atoms with Crippen LogP contribution >= 0.6 is 11.8 Å². The Morgan fingerprint density at radius 1 is 1.42 bits per heavy atom. The van der Waals surface area contributed by atoms with Gasteiger partial charge in [-0.05, 0) is 19.2 Å². The summed E-state index contributed by atoms with van der Waals surface area (Å²) < 4.78 is 36.6. The van der Waals surface area contributed by atoms with Crippen molar-refractivity contribution in [2.24, 2.45) is 0 Å². The molecule has 0 fully saturated rings. The molecule has 1 aromatic rings. The summed E-state index contributed by atoms with van der Waals surface area (Å²) in [6.45, 7) is 1.56. The molecule has 0 unspecified atom stereocenters. The quantitative estimate of drug-likeness (QED) is 0.715. The minimum absolute atomic E-state index is 0.0718. The van der Waals surface area contributed by atoms with Crippen LogP contribution in [0, 0.1) is 11.3 Å². The number of nitrogens with one attached hydrogen (secondary N) is 1. The Labute approximate surface area is 144 Å². The number of nitriles is 1. The average molecular weight is 359 g/mol. The SMILES string of the molecule is C[C@@H](CC#N)Sc1ccccc1NC(=O)CN(C)CCC(F)(F)F. The summed E-state index contributed by atoms with van der Waals surface area (Å²) in [5.41, 5.74) is 0.599. The third-order valence-electron chi connectivity index (χ3n) is 3.06. The number of benzene rings is 1. The van der Waals surface area contributed by atoms with Crippen molar-refractivity contribution >= 4 is 23.4 Å². The molecule has 1 aromatic carbocycles. The molecule has 0 aliphatic carbocycles. The van der Waals surface area contributed by atoms with Gasteiger partial charge in [0.25, 0.3) is 0 Å². The first kappa shape index (κ1) is 20.3. The van der Waals surface area contributed by atoms with Crippen molar-refractivity contribution in [3.05, 3.63) is 24.3 Å². The van der Waals surface area contributed by atoms with Crippen LogP contribution in [0.2, 0.25) is 0 Å². The Kier molecular flexibility index (Phi) is 8.08. The number of halogens is 3. The number of amides is 1. The molecule has 1 amide bonds. The number of nitrogens with zero attached hydrogens (tertiary/aromatic N) is 2. The van der Waals surface area contributed by atoms with Crippen LogP contribution in [-0.2, 0) is 4.79 Å². The number of para-hydroxylation sites is 1. The third-order valence-corrected chi connectivity index (χ3v) is 4.24. The van der Waals surface area contributed by atoms with E-state index >= 15 is 0 Å². The van der Waals surface area contributed by atoms with Crippen LogP contribution in [0.15, 0.2) is 29.2 Å². The summed E-state index contributed by atoms with van der Waals surface area (Å²) in [4.78, 5) is 14.2. The van der Waals surface area contributed by atoms with Gasteiger partial charge in [-0.2, -0.15) is 18.4 Å². The zero-order valence-corrected chi connectivity index (χ0v) is 14.4. The first-order valence-electron chi connectivity index (χ1n) is 7.39. The van der Waals surface area contributed by atoms with Crippen LogP contribution in [0.25, 0.3) is 0 Å². The highest BCUT2D eigenvalue weighted by molar-refractivity contribution is 8.00. The molecular formula is C16H20F3N3OS. The number of likely N-dealkylation sites (N-methyl/N-ethyl adjacent to an activating group) is 1. The smallest absolute Gasteiger partial charge is 0.324 e. The minimum Gasteiger partial charge on any atom is -0.324 e. The van der Waals surface area contributed by atoms with Gasteiger partial charge in [0.1, 0.15) is 0 Å². The lowest BCUT2D eigenvalue weighted by Gasteiger charge is -2.18. The van der Waals surface area contributed by atoms with E-state index in [1.807, 2.05) is 19.1 Å². The average Bonchev–Trinajstić information content (AvgIpc) is 2.46. The van der Waals surface area contributed by atoms with E-state index in [0.717, 1.165) is 4.90 Å². The lowest BCUT2D eigenvalue weighted by molar-refractivity contribution is -0.138. The third kappa shape index (κ3) is 8.22. The number of hydrogen-bond donors (Lipinski definition) is 1. The Hall–Kier alpha value is -1.72. The van der Waals surface area contributed by atoms with E-state index in [1.165, 1.54) is 23.7 Å². The number of carbonyl (C=O) groups excluding carboxylic acids is 1. The molecule has 1 atom stereocenters. The Balaban J connectivity index is 2.59. The summed E-state index contributed by atoms with van der Waals surface area (Å²) in [5, 5.41) is 11.5. The standard InChI is InChI=1S/C16H20F3N3OS/c1-12(7-9-20)24-14-6-4-3-5-13(14)21-15(23)11-22(2)10-8-16(17,18)19/h3-6,12H,7-8,10-11H2,1-2H3,(H,21,23)/t12-/m0/s1. The van der Waals surface area contributed by atoms with Crippen LogP contribution in [0.1, 0.15) is 19.8 Å². The van der Waals surface area contributed by atoms with Crippen LogP contribution < -0.4 is 5.32 Å². The second kappa shape index (κ2) is 9.55. The maximum atomic E-state index is 12.2. The van der Waals surface area contributed by atoms with E-state index in [2.05, 4.69) is 11.4 Å². The highest BCUT2D eigenvalue weighted by atomic mass is 32.2. The van der Waals surface area contributed by atoms with Gasteiger partial charge in [0.2, 0.25) is 5.91 Å². The summed E-state index contributed by atoms with van der Waals surface area (Å²) in [7, 11) is 1.47. The Morgan fingerprint density at radius 3 is 2.71 bits per heavy atom. The first-order chi connectivity index (χ1) is 11.2. The van der Waals surface area contributed by atoms with E-state index in [9.17, 15) is 18.0 Å². The lowest BCUT2D eigenvalue weighted by Crippen LogP contribution is -2.32. The zero-order valence-electron chi connectivity index (χ0n) is 13.6. The second-order valence-corrected chi connectivity index (χ2v) is 6.92. The van der Waals surface area contributed by atoms with E-state index in [1.54, 1.807) is 12.1 Å². The normalized spacial score (nSPS) is 12.7. The first-order valence-corrected chi connectivity index (χ1v) is 8.27. The number of carbonyl (C=O) groups is 1. The fourth-order valence-corrected chi connectivity index (χ4v) is 2.89. The molecule has 0 aromatic heterocycles. The summed E-state index contributed by atoms with van der Waals surface area (Å²) in [6, 6.07) is 9.25. The fraction of sp³-hybridized carbons (Fsp3) is 0.500. The molecule has 0 spiro atoms. The van der Waals surface area contributed by atoms with Crippen molar-refractivity contribution in [3.63, 3.8) is 0 Å². The predicted molar refractivity (Wildman–Crippen MR) is 88.8 cm³/mol. The molecule has 132 valence electrons. The Morgan fingerprint density at radius 2 is 2.08 bits per heavy atom. The number of alkyl halides is 3. The van der Waals surface area contributed by atoms with Gasteiger partial charge < -0.3 is 5.32 Å². The fourth-order valence-electron chi connectivity index (χ4n) is 1.89. The molecule has 0 bridgehead atoms. The molecule has 0 radical (unpaired) electrons. The van der Waals surface area contributed by atoms with Crippen LogP contribution in [0.5, 0.6) is 0 Å². The van der Waals surface area contributed by atoms with Gasteiger partial charge in [0.05, 0.1) is 24.7 Å². The topological polar surface area (TPSA) is 56.1 Å². The van der Waals surface area contributed by atoms with Crippen molar-refractivity contribution in [2.75, 3.05) is 25.5 Å². The van der Waals surface area contributed by atoms with Gasteiger partial charge in [-0.25, -0.2) is 0 Å². The molecule has 0 heterocycles. The monoisotopic (exact) mass is 359 g/mol. The maximum Gasteiger partial charge on any atom is 0.390 e. The van der Waals surface area contributed by atoms with Gasteiger partial charge in [0.15, 0.2) is 0 Å². The summed E-state index contributed by atoms with van der Waals surface area (Å²) in [6.07, 6.45) is -4.80. The summed E-state index contributed by atoms with van der Waals surface area (Å²) >= 11 is 1.47. The van der Waals surface area contributed by atoms with Gasteiger partial charge in [-0.1, -0.05) is 19.1 Å². The molecule has 0 saturated heterocycles. The highest BCUT2D eigenvalue weighted by Gasteiger charge is 2.27. The van der Waals surface area contributed by atoms with Gasteiger partial charge in [-0.3, -0.25) is 9.69 Å². The molecular weight excluding hydrogens is 339 g/mol. The number of anilines is 1. The van der Waals surface area contributed by atoms with E-state index in [0.29, 0.717) is 12.1 Å². The maximum absolute atomic E-state index is 12.2. The van der Waals surface area contributed by atoms with E-state index in [-0.39, 0.29) is 24.2 Å². The lowest BCUT2D eigenvalue weighted by atomic mass is 10.3. The van der Waals surface area contributed by atoms with E-state index in [4.69, 9.17) is 5.26 Å². The van der Waals surface area contributed by atoms with Crippen LogP contribution in [0.3, 0.4) is 0 Å². The molecule has 0 aliphatic heterocycles. The minimum atomic E-state index is -4.23. The van der Waals surface area contributed by atoms with Crippen LogP contribution in [0.4, 0.5) is 18.9 Å². The Bertz CT molecular complexity index is 587. The van der Waals surface area contributed by atoms with Crippen LogP contribution in [-0.4, -0.2) is 42.4 Å². The molecule has 0 aliphatic rings. The second-order valence-electron chi connectivity index (χ2n) is 5.44. The molecule has 4 nitrogen and oxygen atoms in total. The largest absolute Gasteiger partial charge is 0.390 e. The summed E-state index contributed by atoms with van der Waals surface area (Å²) in [5.74, 6) is -0.374. The molecule has 24 heavy (non-hydrogen) atoms. The number of hydrogen-bond acceptors (Lipinski definition) is 4. The van der Waals surface area contributed by atoms with Gasteiger partial charge >= 0.3 is 6.18 Å². The van der Waals surface area contributed by atoms with Gasteiger partial charge in [0, 0.05) is 23.1 Å². The molecule has 1 N–H and O–H groups in total. The predicted octanol–water partition coefficient (Wildman–Crippen LogP) is 3.90. The van der Waals surface area contributed by atoms with Crippen molar-refractivity contribution < 1.29 is 18.0 Å². The van der Waals surface area contributed by atoms with E-state index < -0.39 is 12.6 Å². The number of thioether (sulfide) groups is 1. The molecule has 8 heteroatoms. The van der Waals surface area contributed by atoms with Crippen molar-refractivity contribution in [3.8, 4) is 6.07 Å². The van der Waals surface area contributed by atoms with Crippen molar-refractivity contribution in [1.29, 1.82) is 5.26 Å². The van der Waals surface area contributed by atoms with Crippen molar-refractivity contribution in [1.82, 2.24) is 4.90 Å². The molecule has 1 rings (SSSR count). The van der Waals surface area contributed by atoms with Gasteiger partial charge in [-0.15, -0.1) is 11.8 Å². The van der Waals surface area contributed by atoms with Crippen molar-refractivity contribution in [2.45, 2.75) is 36.1 Å². The molecule has 0 saturated carbocycles.